The van der Waals surface area contributed by atoms with Gasteiger partial charge in [0.2, 0.25) is 0 Å². The number of para-hydroxylation sites is 1. The summed E-state index contributed by atoms with van der Waals surface area (Å²) in [5.74, 6) is 0. The molecule has 0 aliphatic rings. The van der Waals surface area contributed by atoms with Crippen molar-refractivity contribution in [2.45, 2.75) is 0 Å². The van der Waals surface area contributed by atoms with Gasteiger partial charge in [0.25, 0.3) is 0 Å². The van der Waals surface area contributed by atoms with Crippen LogP contribution in [0, 0.1) is 0 Å². The molecule has 10 aromatic carbocycles. The largest absolute Gasteiger partial charge is 0.456 e. The van der Waals surface area contributed by atoms with Gasteiger partial charge in [-0.2, -0.15) is 0 Å². The first-order valence-corrected chi connectivity index (χ1v) is 18.2. The molecule has 53 heavy (non-hydrogen) atoms. The number of fused-ring (bicyclic) bond motifs is 7. The van der Waals surface area contributed by atoms with Gasteiger partial charge in [0.05, 0.1) is 0 Å². The summed E-state index contributed by atoms with van der Waals surface area (Å²) < 4.78 is 6.21. The summed E-state index contributed by atoms with van der Waals surface area (Å²) in [6.07, 6.45) is 0. The second-order valence-electron chi connectivity index (χ2n) is 14.0. The molecule has 1 heterocycles. The van der Waals surface area contributed by atoms with Gasteiger partial charge in [-0.3, -0.25) is 0 Å². The fourth-order valence-electron chi connectivity index (χ4n) is 8.54. The van der Waals surface area contributed by atoms with E-state index in [9.17, 15) is 0 Å². The Morgan fingerprint density at radius 2 is 0.736 bits per heavy atom. The third-order valence-electron chi connectivity index (χ3n) is 11.0. The first-order chi connectivity index (χ1) is 26.3. The van der Waals surface area contributed by atoms with Crippen LogP contribution >= 0.6 is 0 Å². The van der Waals surface area contributed by atoms with Crippen molar-refractivity contribution in [3.05, 3.63) is 194 Å². The van der Waals surface area contributed by atoms with Crippen molar-refractivity contribution in [3.63, 3.8) is 0 Å². The lowest BCUT2D eigenvalue weighted by Crippen LogP contribution is -1.92. The van der Waals surface area contributed by atoms with E-state index in [1.807, 2.05) is 12.1 Å². The highest BCUT2D eigenvalue weighted by Crippen LogP contribution is 2.46. The molecule has 0 aliphatic carbocycles. The molecule has 1 nitrogen and oxygen atoms in total. The van der Waals surface area contributed by atoms with E-state index in [2.05, 4.69) is 182 Å². The van der Waals surface area contributed by atoms with Crippen molar-refractivity contribution in [1.82, 2.24) is 0 Å². The Morgan fingerprint density at radius 3 is 1.45 bits per heavy atom. The van der Waals surface area contributed by atoms with Crippen LogP contribution in [0.25, 0.3) is 110 Å². The Bertz CT molecular complexity index is 3160. The van der Waals surface area contributed by atoms with E-state index in [0.717, 1.165) is 21.9 Å². The highest BCUT2D eigenvalue weighted by Gasteiger charge is 2.19. The number of furan rings is 1. The zero-order valence-corrected chi connectivity index (χ0v) is 28.9. The van der Waals surface area contributed by atoms with Crippen LogP contribution in [0.15, 0.2) is 199 Å². The molecule has 1 aromatic heterocycles. The van der Waals surface area contributed by atoms with Crippen LogP contribution in [0.5, 0.6) is 0 Å². The quantitative estimate of drug-likeness (QED) is 0.170. The summed E-state index contributed by atoms with van der Waals surface area (Å²) in [6.45, 7) is 0. The smallest absolute Gasteiger partial charge is 0.135 e. The van der Waals surface area contributed by atoms with Gasteiger partial charge in [0.15, 0.2) is 0 Å². The van der Waals surface area contributed by atoms with Crippen molar-refractivity contribution in [3.8, 4) is 44.5 Å². The Balaban J connectivity index is 1.12. The minimum atomic E-state index is 0.910. The van der Waals surface area contributed by atoms with Crippen LogP contribution in [0.2, 0.25) is 0 Å². The van der Waals surface area contributed by atoms with Crippen LogP contribution in [0.3, 0.4) is 0 Å². The Hall–Kier alpha value is -6.96. The van der Waals surface area contributed by atoms with Crippen LogP contribution in [-0.2, 0) is 0 Å². The van der Waals surface area contributed by atoms with E-state index in [-0.39, 0.29) is 0 Å². The summed E-state index contributed by atoms with van der Waals surface area (Å²) >= 11 is 0. The van der Waals surface area contributed by atoms with Crippen molar-refractivity contribution in [2.75, 3.05) is 0 Å². The summed E-state index contributed by atoms with van der Waals surface area (Å²) in [5, 5.41) is 12.3. The standard InChI is InChI=1S/C52H32O/c1-2-12-36-29-37(26-23-33(36)11-1)34-21-24-35(25-22-34)51-43-16-5-7-18-45(43)52(46-19-8-6-17-44(46)51)40-30-38-13-3-4-14-41(38)47(32-40)39-27-28-50-48(31-39)42-15-9-10-20-49(42)53-50/h1-32H. The topological polar surface area (TPSA) is 13.1 Å². The SMILES string of the molecule is c1ccc2cc(-c3ccc(-c4c5ccccc5c(-c5cc(-c6ccc7oc8ccccc8c7c6)c6ccccc6c5)c5ccccc45)cc3)ccc2c1. The predicted octanol–water partition coefficient (Wildman–Crippen LogP) is 14.9. The Kier molecular flexibility index (Phi) is 6.62. The average Bonchev–Trinajstić information content (AvgIpc) is 3.60. The lowest BCUT2D eigenvalue weighted by Gasteiger charge is -2.19. The molecule has 0 spiro atoms. The third-order valence-corrected chi connectivity index (χ3v) is 11.0. The van der Waals surface area contributed by atoms with E-state index < -0.39 is 0 Å². The van der Waals surface area contributed by atoms with Crippen molar-refractivity contribution in [2.24, 2.45) is 0 Å². The lowest BCUT2D eigenvalue weighted by molar-refractivity contribution is 0.669. The normalized spacial score (nSPS) is 11.8. The Morgan fingerprint density at radius 1 is 0.245 bits per heavy atom. The molecule has 0 radical (unpaired) electrons. The molecule has 11 rings (SSSR count). The first kappa shape index (κ1) is 29.7. The molecule has 0 aliphatic heterocycles. The summed E-state index contributed by atoms with van der Waals surface area (Å²) in [7, 11) is 0. The highest BCUT2D eigenvalue weighted by molar-refractivity contribution is 6.22. The van der Waals surface area contributed by atoms with E-state index >= 15 is 0 Å². The van der Waals surface area contributed by atoms with Gasteiger partial charge in [-0.15, -0.1) is 0 Å². The van der Waals surface area contributed by atoms with E-state index in [4.69, 9.17) is 4.42 Å². The third kappa shape index (κ3) is 4.79. The van der Waals surface area contributed by atoms with Crippen LogP contribution in [-0.4, -0.2) is 0 Å². The van der Waals surface area contributed by atoms with E-state index in [1.165, 1.54) is 87.6 Å². The molecule has 0 atom stereocenters. The Labute approximate surface area is 307 Å². The van der Waals surface area contributed by atoms with Gasteiger partial charge in [-0.05, 0) is 124 Å². The fraction of sp³-hybridized carbons (Fsp3) is 0. The number of benzene rings is 10. The molecule has 11 aromatic rings. The summed E-state index contributed by atoms with van der Waals surface area (Å²) in [5.41, 5.74) is 11.6. The molecule has 0 saturated heterocycles. The second-order valence-corrected chi connectivity index (χ2v) is 14.0. The maximum absolute atomic E-state index is 6.21. The van der Waals surface area contributed by atoms with Gasteiger partial charge < -0.3 is 4.42 Å². The lowest BCUT2D eigenvalue weighted by atomic mass is 9.84. The van der Waals surface area contributed by atoms with Crippen LogP contribution in [0.1, 0.15) is 0 Å². The molecule has 0 saturated carbocycles. The molecule has 1 heteroatoms. The number of hydrogen-bond donors (Lipinski definition) is 0. The monoisotopic (exact) mass is 672 g/mol. The number of hydrogen-bond acceptors (Lipinski definition) is 1. The zero-order valence-electron chi connectivity index (χ0n) is 28.9. The minimum Gasteiger partial charge on any atom is -0.456 e. The molecule has 0 bridgehead atoms. The van der Waals surface area contributed by atoms with Crippen molar-refractivity contribution >= 4 is 65.0 Å². The fourth-order valence-corrected chi connectivity index (χ4v) is 8.54. The highest BCUT2D eigenvalue weighted by atomic mass is 16.3. The average molecular weight is 673 g/mol. The second kappa shape index (κ2) is 11.8. The first-order valence-electron chi connectivity index (χ1n) is 18.2. The van der Waals surface area contributed by atoms with E-state index in [0.29, 0.717) is 0 Å². The number of rotatable bonds is 4. The van der Waals surface area contributed by atoms with Gasteiger partial charge >= 0.3 is 0 Å². The molecule has 0 fully saturated rings. The zero-order chi connectivity index (χ0) is 34.9. The minimum absolute atomic E-state index is 0.910. The summed E-state index contributed by atoms with van der Waals surface area (Å²) in [6, 6.07) is 70.7. The molecule has 0 amide bonds. The van der Waals surface area contributed by atoms with Gasteiger partial charge in [0, 0.05) is 10.8 Å². The van der Waals surface area contributed by atoms with Crippen molar-refractivity contribution in [1.29, 1.82) is 0 Å². The summed E-state index contributed by atoms with van der Waals surface area (Å²) in [4.78, 5) is 0. The predicted molar refractivity (Wildman–Crippen MR) is 225 cm³/mol. The van der Waals surface area contributed by atoms with Gasteiger partial charge in [-0.1, -0.05) is 158 Å². The molecular formula is C52H32O. The maximum atomic E-state index is 6.21. The maximum Gasteiger partial charge on any atom is 0.135 e. The van der Waals surface area contributed by atoms with Crippen LogP contribution in [0.4, 0.5) is 0 Å². The molecule has 246 valence electrons. The van der Waals surface area contributed by atoms with Crippen molar-refractivity contribution < 1.29 is 4.42 Å². The van der Waals surface area contributed by atoms with Crippen LogP contribution < -0.4 is 0 Å². The van der Waals surface area contributed by atoms with E-state index in [1.54, 1.807) is 0 Å². The molecular weight excluding hydrogens is 641 g/mol. The van der Waals surface area contributed by atoms with Gasteiger partial charge in [-0.25, -0.2) is 0 Å². The molecule has 0 unspecified atom stereocenters. The molecule has 0 N–H and O–H groups in total. The van der Waals surface area contributed by atoms with Gasteiger partial charge in [0.1, 0.15) is 11.2 Å².